The highest BCUT2D eigenvalue weighted by molar-refractivity contribution is 7.89. The van der Waals surface area contributed by atoms with Gasteiger partial charge in [-0.2, -0.15) is 4.31 Å². The third-order valence-corrected chi connectivity index (χ3v) is 5.00. The Bertz CT molecular complexity index is 727. The van der Waals surface area contributed by atoms with E-state index in [9.17, 15) is 17.2 Å². The van der Waals surface area contributed by atoms with E-state index in [2.05, 4.69) is 10.3 Å². The lowest BCUT2D eigenvalue weighted by atomic mass is 10.2. The first kappa shape index (κ1) is 13.1. The Hall–Kier alpha value is -1.87. The lowest BCUT2D eigenvalue weighted by Crippen LogP contribution is -2.50. The molecule has 106 valence electrons. The Balaban J connectivity index is 1.82. The van der Waals surface area contributed by atoms with E-state index < -0.39 is 26.6 Å². The molecule has 20 heavy (non-hydrogen) atoms. The molecule has 0 saturated carbocycles. The van der Waals surface area contributed by atoms with Crippen molar-refractivity contribution in [1.29, 1.82) is 0 Å². The summed E-state index contributed by atoms with van der Waals surface area (Å²) in [5.41, 5.74) is 0. The van der Waals surface area contributed by atoms with Crippen molar-refractivity contribution in [2.24, 2.45) is 0 Å². The second-order valence-corrected chi connectivity index (χ2v) is 6.34. The smallest absolute Gasteiger partial charge is 0.246 e. The van der Waals surface area contributed by atoms with Gasteiger partial charge in [-0.3, -0.25) is 0 Å². The van der Waals surface area contributed by atoms with E-state index in [1.807, 2.05) is 0 Å². The molecule has 0 N–H and O–H groups in total. The van der Waals surface area contributed by atoms with Crippen molar-refractivity contribution >= 4 is 10.0 Å². The third-order valence-electron chi connectivity index (χ3n) is 3.15. The van der Waals surface area contributed by atoms with Gasteiger partial charge in [0, 0.05) is 19.3 Å². The van der Waals surface area contributed by atoms with Crippen LogP contribution in [0.4, 0.5) is 8.78 Å². The van der Waals surface area contributed by atoms with Crippen LogP contribution < -0.4 is 0 Å². The van der Waals surface area contributed by atoms with Gasteiger partial charge in [0.25, 0.3) is 0 Å². The Labute approximate surface area is 113 Å². The van der Waals surface area contributed by atoms with Crippen molar-refractivity contribution in [1.82, 2.24) is 19.3 Å². The minimum absolute atomic E-state index is 0.135. The van der Waals surface area contributed by atoms with Crippen LogP contribution in [-0.2, 0) is 10.0 Å². The van der Waals surface area contributed by atoms with E-state index in [4.69, 9.17) is 0 Å². The number of sulfonamides is 1. The Kier molecular flexibility index (Phi) is 3.02. The van der Waals surface area contributed by atoms with Gasteiger partial charge in [-0.05, 0) is 18.2 Å². The Morgan fingerprint density at radius 1 is 1.25 bits per heavy atom. The van der Waals surface area contributed by atoms with Crippen LogP contribution in [0.1, 0.15) is 6.04 Å². The molecule has 0 atom stereocenters. The molecule has 9 heteroatoms. The van der Waals surface area contributed by atoms with Gasteiger partial charge < -0.3 is 0 Å². The van der Waals surface area contributed by atoms with Gasteiger partial charge in [-0.15, -0.1) is 5.10 Å². The summed E-state index contributed by atoms with van der Waals surface area (Å²) < 4.78 is 53.6. The normalized spacial score (nSPS) is 17.1. The van der Waals surface area contributed by atoms with Gasteiger partial charge in [0.15, 0.2) is 0 Å². The molecule has 1 aromatic carbocycles. The van der Waals surface area contributed by atoms with Crippen LogP contribution in [0.25, 0.3) is 0 Å². The summed E-state index contributed by atoms with van der Waals surface area (Å²) in [5.74, 6) is -1.76. The number of rotatable bonds is 3. The van der Waals surface area contributed by atoms with Crippen molar-refractivity contribution in [3.63, 3.8) is 0 Å². The molecule has 0 spiro atoms. The molecule has 0 aliphatic carbocycles. The average Bonchev–Trinajstić information content (AvgIpc) is 2.83. The first-order chi connectivity index (χ1) is 9.48. The van der Waals surface area contributed by atoms with Crippen molar-refractivity contribution in [2.75, 3.05) is 13.1 Å². The third kappa shape index (κ3) is 2.08. The van der Waals surface area contributed by atoms with Gasteiger partial charge >= 0.3 is 0 Å². The number of nitrogens with zero attached hydrogens (tertiary/aromatic N) is 4. The maximum absolute atomic E-state index is 13.6. The maximum Gasteiger partial charge on any atom is 0.246 e. The highest BCUT2D eigenvalue weighted by atomic mass is 32.2. The van der Waals surface area contributed by atoms with Gasteiger partial charge in [0.1, 0.15) is 16.5 Å². The van der Waals surface area contributed by atoms with Crippen LogP contribution in [0, 0.1) is 11.6 Å². The molecular weight excluding hydrogens is 290 g/mol. The van der Waals surface area contributed by atoms with Gasteiger partial charge in [-0.25, -0.2) is 21.9 Å². The topological polar surface area (TPSA) is 68.1 Å². The predicted octanol–water partition coefficient (Wildman–Crippen LogP) is 0.802. The molecule has 1 fully saturated rings. The van der Waals surface area contributed by atoms with Gasteiger partial charge in [0.05, 0.1) is 12.2 Å². The van der Waals surface area contributed by atoms with Crippen molar-refractivity contribution in [3.8, 4) is 0 Å². The Morgan fingerprint density at radius 3 is 2.65 bits per heavy atom. The molecule has 2 heterocycles. The van der Waals surface area contributed by atoms with Crippen molar-refractivity contribution in [2.45, 2.75) is 10.9 Å². The highest BCUT2D eigenvalue weighted by Crippen LogP contribution is 2.29. The fourth-order valence-corrected chi connectivity index (χ4v) is 3.60. The largest absolute Gasteiger partial charge is 0.247 e. The molecule has 1 aliphatic heterocycles. The summed E-state index contributed by atoms with van der Waals surface area (Å²) in [5, 5.41) is 7.40. The molecule has 0 unspecified atom stereocenters. The lowest BCUT2D eigenvalue weighted by molar-refractivity contribution is 0.188. The van der Waals surface area contributed by atoms with Crippen LogP contribution in [0.5, 0.6) is 0 Å². The highest BCUT2D eigenvalue weighted by Gasteiger charge is 2.39. The molecule has 3 rings (SSSR count). The quantitative estimate of drug-likeness (QED) is 0.841. The van der Waals surface area contributed by atoms with E-state index >= 15 is 0 Å². The SMILES string of the molecule is O=S(=O)(c1cc(F)ccc1F)N1CC(n2ccnn2)C1. The molecule has 2 aromatic rings. The van der Waals surface area contributed by atoms with Crippen molar-refractivity contribution < 1.29 is 17.2 Å². The van der Waals surface area contributed by atoms with E-state index in [0.29, 0.717) is 6.07 Å². The molecule has 0 amide bonds. The lowest BCUT2D eigenvalue weighted by Gasteiger charge is -2.37. The van der Waals surface area contributed by atoms with E-state index in [0.717, 1.165) is 16.4 Å². The van der Waals surface area contributed by atoms with Crippen molar-refractivity contribution in [3.05, 3.63) is 42.2 Å². The predicted molar refractivity (Wildman–Crippen MR) is 64.2 cm³/mol. The van der Waals surface area contributed by atoms with Crippen LogP contribution in [-0.4, -0.2) is 40.8 Å². The molecule has 1 aromatic heterocycles. The minimum Gasteiger partial charge on any atom is -0.247 e. The zero-order valence-electron chi connectivity index (χ0n) is 10.1. The fourth-order valence-electron chi connectivity index (χ4n) is 2.01. The second-order valence-electron chi connectivity index (χ2n) is 4.43. The first-order valence-electron chi connectivity index (χ1n) is 5.79. The molecule has 1 saturated heterocycles. The number of hydrogen-bond donors (Lipinski definition) is 0. The second kappa shape index (κ2) is 4.60. The number of aromatic nitrogens is 3. The summed E-state index contributed by atoms with van der Waals surface area (Å²) in [7, 11) is -4.02. The molecule has 0 radical (unpaired) electrons. The summed E-state index contributed by atoms with van der Waals surface area (Å²) >= 11 is 0. The maximum atomic E-state index is 13.6. The van der Waals surface area contributed by atoms with Crippen LogP contribution in [0.2, 0.25) is 0 Å². The van der Waals surface area contributed by atoms with E-state index in [1.165, 1.54) is 10.9 Å². The standard InChI is InChI=1S/C11H10F2N4O2S/c12-8-1-2-10(13)11(5-8)20(18,19)16-6-9(7-16)17-4-3-14-15-17/h1-5,9H,6-7H2. The summed E-state index contributed by atoms with van der Waals surface area (Å²) in [6, 6.07) is 2.23. The first-order valence-corrected chi connectivity index (χ1v) is 7.23. The van der Waals surface area contributed by atoms with Crippen LogP contribution >= 0.6 is 0 Å². The summed E-state index contributed by atoms with van der Waals surface area (Å²) in [6.45, 7) is 0.309. The molecular formula is C11H10F2N4O2S. The Morgan fingerprint density at radius 2 is 2.00 bits per heavy atom. The van der Waals surface area contributed by atoms with E-state index in [1.54, 1.807) is 6.20 Å². The van der Waals surface area contributed by atoms with Gasteiger partial charge in [-0.1, -0.05) is 5.21 Å². The number of benzene rings is 1. The fraction of sp³-hybridized carbons (Fsp3) is 0.273. The molecule has 1 aliphatic rings. The zero-order valence-corrected chi connectivity index (χ0v) is 11.0. The number of hydrogen-bond acceptors (Lipinski definition) is 4. The van der Waals surface area contributed by atoms with E-state index in [-0.39, 0.29) is 19.1 Å². The average molecular weight is 300 g/mol. The van der Waals surface area contributed by atoms with Gasteiger partial charge in [0.2, 0.25) is 10.0 Å². The zero-order chi connectivity index (χ0) is 14.3. The number of halogens is 2. The monoisotopic (exact) mass is 300 g/mol. The van der Waals surface area contributed by atoms with Crippen LogP contribution in [0.3, 0.4) is 0 Å². The summed E-state index contributed by atoms with van der Waals surface area (Å²) in [6.07, 6.45) is 3.11. The van der Waals surface area contributed by atoms with Crippen LogP contribution in [0.15, 0.2) is 35.5 Å². The summed E-state index contributed by atoms with van der Waals surface area (Å²) in [4.78, 5) is -0.644. The molecule has 0 bridgehead atoms. The minimum atomic E-state index is -4.02. The molecule has 6 nitrogen and oxygen atoms in total.